The molecule has 1 aromatic heterocycles. The molecule has 0 N–H and O–H groups in total. The molecule has 5 heteroatoms. The molecular weight excluding hydrogens is 392 g/mol. The van der Waals surface area contributed by atoms with Crippen LogP contribution < -0.4 is 10.3 Å². The fourth-order valence-electron chi connectivity index (χ4n) is 2.72. The third-order valence-electron chi connectivity index (χ3n) is 4.08. The van der Waals surface area contributed by atoms with E-state index in [1.807, 2.05) is 66.7 Å². The molecule has 0 saturated carbocycles. The molecule has 1 heterocycles. The first kappa shape index (κ1) is 16.5. The van der Waals surface area contributed by atoms with Crippen molar-refractivity contribution in [3.63, 3.8) is 0 Å². The lowest BCUT2D eigenvalue weighted by Gasteiger charge is -2.09. The van der Waals surface area contributed by atoms with Gasteiger partial charge >= 0.3 is 0 Å². The average Bonchev–Trinajstić information content (AvgIpc) is 2.69. The molecule has 4 aromatic rings. The Balaban J connectivity index is 1.69. The number of nitrogens with zero attached hydrogens (tertiary/aromatic N) is 2. The van der Waals surface area contributed by atoms with E-state index >= 15 is 0 Å². The van der Waals surface area contributed by atoms with Gasteiger partial charge in [0.2, 0.25) is 0 Å². The lowest BCUT2D eigenvalue weighted by molar-refractivity contribution is 0.306. The van der Waals surface area contributed by atoms with Crippen LogP contribution in [0.4, 0.5) is 0 Å². The Bertz CT molecular complexity index is 1110. The van der Waals surface area contributed by atoms with Gasteiger partial charge in [-0.05, 0) is 48.0 Å². The summed E-state index contributed by atoms with van der Waals surface area (Å²) in [5.41, 5.74) is 2.37. The number of hydrogen-bond donors (Lipinski definition) is 0. The Hall–Kier alpha value is -2.92. The minimum absolute atomic E-state index is 0.123. The van der Waals surface area contributed by atoms with Crippen molar-refractivity contribution in [2.45, 2.75) is 6.61 Å². The van der Waals surface area contributed by atoms with E-state index in [9.17, 15) is 4.79 Å². The van der Waals surface area contributed by atoms with Crippen molar-refractivity contribution >= 4 is 26.8 Å². The molecule has 0 aliphatic rings. The lowest BCUT2D eigenvalue weighted by Crippen LogP contribution is -2.18. The van der Waals surface area contributed by atoms with Crippen LogP contribution in [0.1, 0.15) is 5.56 Å². The number of halogens is 1. The van der Waals surface area contributed by atoms with Gasteiger partial charge < -0.3 is 4.74 Å². The van der Waals surface area contributed by atoms with Crippen molar-refractivity contribution in [1.29, 1.82) is 0 Å². The van der Waals surface area contributed by atoms with Gasteiger partial charge in [0, 0.05) is 4.47 Å². The lowest BCUT2D eigenvalue weighted by atomic mass is 10.2. The van der Waals surface area contributed by atoms with Crippen LogP contribution in [0, 0.1) is 0 Å². The summed E-state index contributed by atoms with van der Waals surface area (Å²) in [5, 5.41) is 0.529. The highest BCUT2D eigenvalue weighted by molar-refractivity contribution is 9.10. The second kappa shape index (κ2) is 7.14. The standard InChI is InChI=1S/C21H15BrN2O2/c22-16-6-8-17(9-7-16)24-14-23-20-11-10-18(12-19(20)21(24)25)26-13-15-4-2-1-3-5-15/h1-12,14H,13H2. The number of aromatic nitrogens is 2. The van der Waals surface area contributed by atoms with E-state index < -0.39 is 0 Å². The maximum absolute atomic E-state index is 12.9. The number of hydrogen-bond acceptors (Lipinski definition) is 3. The van der Waals surface area contributed by atoms with E-state index in [4.69, 9.17) is 4.74 Å². The third-order valence-corrected chi connectivity index (χ3v) is 4.61. The van der Waals surface area contributed by atoms with Crippen molar-refractivity contribution < 1.29 is 4.74 Å². The van der Waals surface area contributed by atoms with Gasteiger partial charge in [-0.25, -0.2) is 4.98 Å². The van der Waals surface area contributed by atoms with Crippen LogP contribution in [0.5, 0.6) is 5.75 Å². The summed E-state index contributed by atoms with van der Waals surface area (Å²) in [4.78, 5) is 17.3. The van der Waals surface area contributed by atoms with Crippen LogP contribution >= 0.6 is 15.9 Å². The Morgan fingerprint density at radius 1 is 0.962 bits per heavy atom. The van der Waals surface area contributed by atoms with Crippen LogP contribution in [0.15, 0.2) is 88.4 Å². The highest BCUT2D eigenvalue weighted by Gasteiger charge is 2.08. The van der Waals surface area contributed by atoms with Crippen LogP contribution in [0.2, 0.25) is 0 Å². The second-order valence-electron chi connectivity index (χ2n) is 5.85. The second-order valence-corrected chi connectivity index (χ2v) is 6.77. The molecule has 0 aliphatic carbocycles. The predicted octanol–water partition coefficient (Wildman–Crippen LogP) is 4.73. The normalized spacial score (nSPS) is 10.8. The number of rotatable bonds is 4. The summed E-state index contributed by atoms with van der Waals surface area (Å²) in [7, 11) is 0. The van der Waals surface area contributed by atoms with Crippen LogP contribution in [-0.2, 0) is 6.61 Å². The van der Waals surface area contributed by atoms with E-state index in [-0.39, 0.29) is 5.56 Å². The fourth-order valence-corrected chi connectivity index (χ4v) is 2.98. The van der Waals surface area contributed by atoms with Crippen LogP contribution in [-0.4, -0.2) is 9.55 Å². The molecule has 0 amide bonds. The molecule has 0 bridgehead atoms. The molecule has 0 aliphatic heterocycles. The zero-order chi connectivity index (χ0) is 17.9. The Kier molecular flexibility index (Phi) is 4.54. The molecule has 128 valence electrons. The Morgan fingerprint density at radius 3 is 2.50 bits per heavy atom. The maximum atomic E-state index is 12.9. The van der Waals surface area contributed by atoms with Crippen molar-refractivity contribution in [1.82, 2.24) is 9.55 Å². The first-order chi connectivity index (χ1) is 12.7. The van der Waals surface area contributed by atoms with E-state index in [0.717, 1.165) is 15.7 Å². The highest BCUT2D eigenvalue weighted by Crippen LogP contribution is 2.19. The minimum Gasteiger partial charge on any atom is -0.489 e. The molecule has 3 aromatic carbocycles. The smallest absolute Gasteiger partial charge is 0.265 e. The average molecular weight is 407 g/mol. The van der Waals surface area contributed by atoms with Gasteiger partial charge in [0.05, 0.1) is 16.6 Å². The van der Waals surface area contributed by atoms with Crippen molar-refractivity contribution in [2.75, 3.05) is 0 Å². The van der Waals surface area contributed by atoms with E-state index in [1.54, 1.807) is 12.4 Å². The first-order valence-corrected chi connectivity index (χ1v) is 8.94. The van der Waals surface area contributed by atoms with Gasteiger partial charge in [-0.3, -0.25) is 9.36 Å². The molecule has 26 heavy (non-hydrogen) atoms. The molecule has 0 unspecified atom stereocenters. The molecule has 0 atom stereocenters. The van der Waals surface area contributed by atoms with Gasteiger partial charge in [0.15, 0.2) is 0 Å². The van der Waals surface area contributed by atoms with Crippen molar-refractivity contribution in [3.8, 4) is 11.4 Å². The SMILES string of the molecule is O=c1c2cc(OCc3ccccc3)ccc2ncn1-c1ccc(Br)cc1. The number of ether oxygens (including phenoxy) is 1. The fraction of sp³-hybridized carbons (Fsp3) is 0.0476. The zero-order valence-electron chi connectivity index (χ0n) is 13.8. The largest absolute Gasteiger partial charge is 0.489 e. The van der Waals surface area contributed by atoms with E-state index in [1.165, 1.54) is 4.57 Å². The predicted molar refractivity (Wildman–Crippen MR) is 106 cm³/mol. The number of benzene rings is 3. The van der Waals surface area contributed by atoms with E-state index in [0.29, 0.717) is 23.3 Å². The van der Waals surface area contributed by atoms with Gasteiger partial charge in [-0.15, -0.1) is 0 Å². The van der Waals surface area contributed by atoms with Crippen molar-refractivity contribution in [3.05, 3.63) is 99.5 Å². The van der Waals surface area contributed by atoms with Gasteiger partial charge in [0.1, 0.15) is 18.7 Å². The molecule has 0 saturated heterocycles. The Morgan fingerprint density at radius 2 is 1.73 bits per heavy atom. The Labute approximate surface area is 158 Å². The molecule has 0 fully saturated rings. The number of fused-ring (bicyclic) bond motifs is 1. The summed E-state index contributed by atoms with van der Waals surface area (Å²) in [6.45, 7) is 0.452. The molecule has 0 radical (unpaired) electrons. The highest BCUT2D eigenvalue weighted by atomic mass is 79.9. The summed E-state index contributed by atoms with van der Waals surface area (Å²) >= 11 is 3.40. The summed E-state index contributed by atoms with van der Waals surface area (Å²) in [5.74, 6) is 0.647. The third kappa shape index (κ3) is 3.39. The summed E-state index contributed by atoms with van der Waals surface area (Å²) in [6, 6.07) is 22.8. The monoisotopic (exact) mass is 406 g/mol. The van der Waals surface area contributed by atoms with Crippen LogP contribution in [0.25, 0.3) is 16.6 Å². The minimum atomic E-state index is -0.123. The van der Waals surface area contributed by atoms with Gasteiger partial charge in [-0.2, -0.15) is 0 Å². The van der Waals surface area contributed by atoms with Crippen molar-refractivity contribution in [2.24, 2.45) is 0 Å². The molecule has 0 spiro atoms. The van der Waals surface area contributed by atoms with Crippen LogP contribution in [0.3, 0.4) is 0 Å². The molecule has 4 nitrogen and oxygen atoms in total. The topological polar surface area (TPSA) is 44.1 Å². The van der Waals surface area contributed by atoms with E-state index in [2.05, 4.69) is 20.9 Å². The molecular formula is C21H15BrN2O2. The molecule has 4 rings (SSSR count). The quantitative estimate of drug-likeness (QED) is 0.492. The summed E-state index contributed by atoms with van der Waals surface area (Å²) < 4.78 is 8.33. The maximum Gasteiger partial charge on any atom is 0.265 e. The summed E-state index contributed by atoms with van der Waals surface area (Å²) in [6.07, 6.45) is 1.55. The van der Waals surface area contributed by atoms with Gasteiger partial charge in [-0.1, -0.05) is 46.3 Å². The van der Waals surface area contributed by atoms with Gasteiger partial charge in [0.25, 0.3) is 5.56 Å². The zero-order valence-corrected chi connectivity index (χ0v) is 15.4. The first-order valence-electron chi connectivity index (χ1n) is 8.15.